The van der Waals surface area contributed by atoms with Crippen LogP contribution in [0.3, 0.4) is 0 Å². The summed E-state index contributed by atoms with van der Waals surface area (Å²) in [4.78, 5) is 0. The molecule has 0 aromatic heterocycles. The van der Waals surface area contributed by atoms with E-state index in [1.807, 2.05) is 0 Å². The van der Waals surface area contributed by atoms with Gasteiger partial charge in [0.2, 0.25) is 10.0 Å². The Kier molecular flexibility index (Phi) is 2.58. The normalized spacial score (nSPS) is 26.2. The van der Waals surface area contributed by atoms with E-state index in [0.29, 0.717) is 26.1 Å². The zero-order chi connectivity index (χ0) is 9.31. The van der Waals surface area contributed by atoms with Crippen LogP contribution in [0.1, 0.15) is 25.7 Å². The molecule has 1 aliphatic carbocycles. The van der Waals surface area contributed by atoms with Gasteiger partial charge >= 0.3 is 0 Å². The van der Waals surface area contributed by atoms with Crippen LogP contribution in [0, 0.1) is 0 Å². The Labute approximate surface area is 78.7 Å². The van der Waals surface area contributed by atoms with Crippen molar-refractivity contribution in [2.45, 2.75) is 37.0 Å². The molecule has 0 bridgehead atoms. The number of sulfonamides is 1. The molecule has 13 heavy (non-hydrogen) atoms. The third kappa shape index (κ3) is 2.42. The first-order valence-corrected chi connectivity index (χ1v) is 6.32. The fourth-order valence-corrected chi connectivity index (χ4v) is 3.22. The summed E-state index contributed by atoms with van der Waals surface area (Å²) in [5.41, 5.74) is 0. The van der Waals surface area contributed by atoms with Gasteiger partial charge in [0.05, 0.1) is 5.25 Å². The van der Waals surface area contributed by atoms with E-state index in [-0.39, 0.29) is 11.3 Å². The maximum atomic E-state index is 11.7. The highest BCUT2D eigenvalue weighted by molar-refractivity contribution is 7.90. The zero-order valence-corrected chi connectivity index (χ0v) is 8.35. The maximum absolute atomic E-state index is 11.7. The van der Waals surface area contributed by atoms with Crippen LogP contribution in [0.2, 0.25) is 0 Å². The second kappa shape index (κ2) is 3.55. The molecule has 2 fully saturated rings. The average molecular weight is 205 g/mol. The largest absolute Gasteiger partial charge is 0.381 e. The number of hydrogen-bond donors (Lipinski definition) is 1. The van der Waals surface area contributed by atoms with Gasteiger partial charge in [-0.25, -0.2) is 13.1 Å². The van der Waals surface area contributed by atoms with Crippen LogP contribution < -0.4 is 4.72 Å². The Bertz CT molecular complexity index is 265. The monoisotopic (exact) mass is 205 g/mol. The van der Waals surface area contributed by atoms with Crippen molar-refractivity contribution < 1.29 is 13.2 Å². The van der Waals surface area contributed by atoms with Gasteiger partial charge in [0.25, 0.3) is 0 Å². The summed E-state index contributed by atoms with van der Waals surface area (Å²) in [7, 11) is -3.05. The molecule has 1 heterocycles. The highest BCUT2D eigenvalue weighted by Crippen LogP contribution is 2.23. The van der Waals surface area contributed by atoms with E-state index in [1.54, 1.807) is 0 Å². The molecule has 1 aliphatic heterocycles. The molecule has 0 amide bonds. The fourth-order valence-electron chi connectivity index (χ4n) is 1.52. The highest BCUT2D eigenvalue weighted by Gasteiger charge is 2.33. The predicted molar refractivity (Wildman–Crippen MR) is 48.9 cm³/mol. The minimum Gasteiger partial charge on any atom is -0.381 e. The quantitative estimate of drug-likeness (QED) is 0.718. The summed E-state index contributed by atoms with van der Waals surface area (Å²) in [6.07, 6.45) is 3.29. The van der Waals surface area contributed by atoms with Crippen LogP contribution in [0.4, 0.5) is 0 Å². The smallest absolute Gasteiger partial charge is 0.214 e. The standard InChI is InChI=1S/C8H15NO3S/c10-13(11,9-7-1-2-7)8-3-5-12-6-4-8/h7-9H,1-6H2. The Hall–Kier alpha value is -0.130. The summed E-state index contributed by atoms with van der Waals surface area (Å²) in [5.74, 6) is 0. The van der Waals surface area contributed by atoms with Crippen molar-refractivity contribution in [3.63, 3.8) is 0 Å². The van der Waals surface area contributed by atoms with Gasteiger partial charge in [-0.1, -0.05) is 0 Å². The average Bonchev–Trinajstić information content (AvgIpc) is 2.89. The minimum atomic E-state index is -3.05. The molecule has 2 rings (SSSR count). The molecule has 4 nitrogen and oxygen atoms in total. The van der Waals surface area contributed by atoms with Crippen LogP contribution in [0.25, 0.3) is 0 Å². The van der Waals surface area contributed by atoms with Gasteiger partial charge in [-0.2, -0.15) is 0 Å². The molecule has 0 aromatic carbocycles. The lowest BCUT2D eigenvalue weighted by Gasteiger charge is -2.22. The second-order valence-electron chi connectivity index (χ2n) is 3.75. The molecular formula is C8H15NO3S. The van der Waals surface area contributed by atoms with Crippen LogP contribution in [0.5, 0.6) is 0 Å². The van der Waals surface area contributed by atoms with Crippen LogP contribution in [-0.4, -0.2) is 32.9 Å². The Morgan fingerprint density at radius 1 is 1.08 bits per heavy atom. The lowest BCUT2D eigenvalue weighted by molar-refractivity contribution is 0.0981. The Balaban J connectivity index is 1.95. The number of nitrogens with one attached hydrogen (secondary N) is 1. The van der Waals surface area contributed by atoms with Crippen LogP contribution in [-0.2, 0) is 14.8 Å². The molecule has 0 spiro atoms. The summed E-state index contributed by atoms with van der Waals surface area (Å²) < 4.78 is 31.2. The lowest BCUT2D eigenvalue weighted by atomic mass is 10.2. The van der Waals surface area contributed by atoms with Crippen LogP contribution >= 0.6 is 0 Å². The van der Waals surface area contributed by atoms with Crippen molar-refractivity contribution in [2.75, 3.05) is 13.2 Å². The van der Waals surface area contributed by atoms with Gasteiger partial charge in [-0.15, -0.1) is 0 Å². The molecule has 76 valence electrons. The van der Waals surface area contributed by atoms with Crippen molar-refractivity contribution >= 4 is 10.0 Å². The van der Waals surface area contributed by atoms with Crippen molar-refractivity contribution in [2.24, 2.45) is 0 Å². The van der Waals surface area contributed by atoms with E-state index in [2.05, 4.69) is 4.72 Å². The fraction of sp³-hybridized carbons (Fsp3) is 1.00. The highest BCUT2D eigenvalue weighted by atomic mass is 32.2. The van der Waals surface area contributed by atoms with Gasteiger partial charge in [0.15, 0.2) is 0 Å². The summed E-state index contributed by atoms with van der Waals surface area (Å²) in [6.45, 7) is 1.16. The molecule has 0 aromatic rings. The maximum Gasteiger partial charge on any atom is 0.214 e. The zero-order valence-electron chi connectivity index (χ0n) is 7.53. The molecule has 0 atom stereocenters. The molecule has 1 N–H and O–H groups in total. The van der Waals surface area contributed by atoms with E-state index < -0.39 is 10.0 Å². The molecule has 1 saturated carbocycles. The molecule has 0 unspecified atom stereocenters. The Morgan fingerprint density at radius 3 is 2.23 bits per heavy atom. The SMILES string of the molecule is O=S(=O)(NC1CC1)C1CCOCC1. The molecule has 5 heteroatoms. The van der Waals surface area contributed by atoms with Crippen molar-refractivity contribution in [1.29, 1.82) is 0 Å². The molecular weight excluding hydrogens is 190 g/mol. The number of ether oxygens (including phenoxy) is 1. The van der Waals surface area contributed by atoms with Crippen molar-refractivity contribution in [3.05, 3.63) is 0 Å². The van der Waals surface area contributed by atoms with E-state index >= 15 is 0 Å². The van der Waals surface area contributed by atoms with Crippen LogP contribution in [0.15, 0.2) is 0 Å². The summed E-state index contributed by atoms with van der Waals surface area (Å²) in [6, 6.07) is 0.229. The predicted octanol–water partition coefficient (Wildman–Crippen LogP) is 0.247. The first-order chi connectivity index (χ1) is 6.18. The lowest BCUT2D eigenvalue weighted by Crippen LogP contribution is -2.38. The first kappa shape index (κ1) is 9.43. The van der Waals surface area contributed by atoms with Gasteiger partial charge in [0, 0.05) is 19.3 Å². The van der Waals surface area contributed by atoms with Gasteiger partial charge < -0.3 is 4.74 Å². The third-order valence-corrected chi connectivity index (χ3v) is 4.53. The number of hydrogen-bond acceptors (Lipinski definition) is 3. The second-order valence-corrected chi connectivity index (χ2v) is 5.74. The van der Waals surface area contributed by atoms with E-state index in [0.717, 1.165) is 12.8 Å². The Morgan fingerprint density at radius 2 is 1.69 bits per heavy atom. The van der Waals surface area contributed by atoms with E-state index in [1.165, 1.54) is 0 Å². The van der Waals surface area contributed by atoms with Gasteiger partial charge in [0.1, 0.15) is 0 Å². The first-order valence-electron chi connectivity index (χ1n) is 4.77. The topological polar surface area (TPSA) is 55.4 Å². The summed E-state index contributed by atoms with van der Waals surface area (Å²) in [5, 5.41) is -0.221. The van der Waals surface area contributed by atoms with Gasteiger partial charge in [-0.3, -0.25) is 0 Å². The van der Waals surface area contributed by atoms with Crippen molar-refractivity contribution in [1.82, 2.24) is 4.72 Å². The molecule has 2 aliphatic rings. The summed E-state index contributed by atoms with van der Waals surface area (Å²) >= 11 is 0. The number of rotatable bonds is 3. The minimum absolute atomic E-state index is 0.221. The molecule has 1 saturated heterocycles. The van der Waals surface area contributed by atoms with E-state index in [4.69, 9.17) is 4.74 Å². The van der Waals surface area contributed by atoms with Crippen molar-refractivity contribution in [3.8, 4) is 0 Å². The van der Waals surface area contributed by atoms with E-state index in [9.17, 15) is 8.42 Å². The molecule has 0 radical (unpaired) electrons. The van der Waals surface area contributed by atoms with Gasteiger partial charge in [-0.05, 0) is 25.7 Å². The third-order valence-electron chi connectivity index (χ3n) is 2.52.